The highest BCUT2D eigenvalue weighted by atomic mass is 16.5. The molecule has 0 spiro atoms. The van der Waals surface area contributed by atoms with Crippen molar-refractivity contribution in [3.63, 3.8) is 0 Å². The fourth-order valence-electron chi connectivity index (χ4n) is 3.47. The number of carbonyl (C=O) groups is 1. The maximum atomic E-state index is 13.0. The van der Waals surface area contributed by atoms with Gasteiger partial charge >= 0.3 is 5.97 Å². The Labute approximate surface area is 163 Å². The zero-order valence-electron chi connectivity index (χ0n) is 15.9. The molecular weight excluding hydrogens is 352 g/mol. The Balaban J connectivity index is 1.93. The molecule has 2 aromatic carbocycles. The molecule has 6 heteroatoms. The van der Waals surface area contributed by atoms with Gasteiger partial charge in [0.1, 0.15) is 12.4 Å². The molecule has 0 aliphatic carbocycles. The number of rotatable bonds is 5. The van der Waals surface area contributed by atoms with Crippen molar-refractivity contribution in [3.05, 3.63) is 83.2 Å². The van der Waals surface area contributed by atoms with Crippen molar-refractivity contribution >= 4 is 17.6 Å². The van der Waals surface area contributed by atoms with Crippen molar-refractivity contribution in [1.29, 1.82) is 0 Å². The SMILES string of the molecule is CCOC(=O)C1=C(c2ccccc2)Nc2ncnn2[C@@H]1c1ccc(CC)cc1. The highest BCUT2D eigenvalue weighted by Crippen LogP contribution is 2.38. The summed E-state index contributed by atoms with van der Waals surface area (Å²) in [7, 11) is 0. The van der Waals surface area contributed by atoms with E-state index in [4.69, 9.17) is 4.74 Å². The standard InChI is InChI=1S/C22H22N4O2/c1-3-15-10-12-17(13-11-15)20-18(21(27)28-4-2)19(16-8-6-5-7-9-16)25-22-23-14-24-26(20)22/h5-14,20H,3-4H2,1-2H3,(H,23,24,25)/t20-/m1/s1. The molecule has 1 atom stereocenters. The third-order valence-corrected chi connectivity index (χ3v) is 4.86. The van der Waals surface area contributed by atoms with Gasteiger partial charge in [-0.15, -0.1) is 0 Å². The quantitative estimate of drug-likeness (QED) is 0.688. The zero-order chi connectivity index (χ0) is 19.5. The second kappa shape index (κ2) is 7.68. The summed E-state index contributed by atoms with van der Waals surface area (Å²) in [6.45, 7) is 4.23. The van der Waals surface area contributed by atoms with E-state index in [1.807, 2.05) is 49.4 Å². The lowest BCUT2D eigenvalue weighted by Crippen LogP contribution is -2.30. The van der Waals surface area contributed by atoms with E-state index in [9.17, 15) is 4.79 Å². The Morgan fingerprint density at radius 2 is 1.86 bits per heavy atom. The van der Waals surface area contributed by atoms with Gasteiger partial charge in [-0.05, 0) is 30.0 Å². The third-order valence-electron chi connectivity index (χ3n) is 4.86. The van der Waals surface area contributed by atoms with Gasteiger partial charge in [0.2, 0.25) is 5.95 Å². The van der Waals surface area contributed by atoms with Gasteiger partial charge < -0.3 is 10.1 Å². The molecular formula is C22H22N4O2. The number of hydrogen-bond acceptors (Lipinski definition) is 5. The van der Waals surface area contributed by atoms with E-state index in [-0.39, 0.29) is 5.97 Å². The lowest BCUT2D eigenvalue weighted by Gasteiger charge is -2.29. The number of ether oxygens (including phenoxy) is 1. The highest BCUT2D eigenvalue weighted by Gasteiger charge is 2.36. The molecule has 0 unspecified atom stereocenters. The van der Waals surface area contributed by atoms with Crippen LogP contribution in [-0.4, -0.2) is 27.3 Å². The molecule has 0 saturated carbocycles. The van der Waals surface area contributed by atoms with Gasteiger partial charge in [0.15, 0.2) is 0 Å². The lowest BCUT2D eigenvalue weighted by atomic mass is 9.92. The summed E-state index contributed by atoms with van der Waals surface area (Å²) in [6, 6.07) is 17.6. The van der Waals surface area contributed by atoms with E-state index in [2.05, 4.69) is 34.5 Å². The first-order valence-electron chi connectivity index (χ1n) is 9.45. The van der Waals surface area contributed by atoms with Crippen LogP contribution in [0.5, 0.6) is 0 Å². The van der Waals surface area contributed by atoms with Crippen molar-refractivity contribution in [3.8, 4) is 0 Å². The Hall–Kier alpha value is -3.41. The maximum Gasteiger partial charge on any atom is 0.338 e. The Kier molecular flexibility index (Phi) is 4.93. The smallest absolute Gasteiger partial charge is 0.338 e. The number of aryl methyl sites for hydroxylation is 1. The van der Waals surface area contributed by atoms with Crippen molar-refractivity contribution in [1.82, 2.24) is 14.8 Å². The summed E-state index contributed by atoms with van der Waals surface area (Å²) in [5.41, 5.74) is 4.32. The van der Waals surface area contributed by atoms with Crippen LogP contribution in [0.4, 0.5) is 5.95 Å². The number of benzene rings is 2. The molecule has 1 aliphatic rings. The molecule has 0 amide bonds. The van der Waals surface area contributed by atoms with Gasteiger partial charge in [0, 0.05) is 0 Å². The molecule has 3 aromatic rings. The molecule has 1 aliphatic heterocycles. The van der Waals surface area contributed by atoms with E-state index in [1.165, 1.54) is 11.9 Å². The summed E-state index contributed by atoms with van der Waals surface area (Å²) >= 11 is 0. The molecule has 2 heterocycles. The second-order valence-corrected chi connectivity index (χ2v) is 6.53. The van der Waals surface area contributed by atoms with Crippen LogP contribution in [0.15, 0.2) is 66.5 Å². The number of anilines is 1. The summed E-state index contributed by atoms with van der Waals surface area (Å²) in [6.07, 6.45) is 2.45. The minimum absolute atomic E-state index is 0.302. The highest BCUT2D eigenvalue weighted by molar-refractivity contribution is 6.02. The van der Waals surface area contributed by atoms with Gasteiger partial charge in [-0.3, -0.25) is 0 Å². The van der Waals surface area contributed by atoms with Crippen molar-refractivity contribution in [2.24, 2.45) is 0 Å². The Morgan fingerprint density at radius 1 is 1.11 bits per heavy atom. The number of aromatic nitrogens is 3. The molecule has 1 aromatic heterocycles. The van der Waals surface area contributed by atoms with Gasteiger partial charge in [-0.25, -0.2) is 9.48 Å². The first kappa shape index (κ1) is 18.0. The van der Waals surface area contributed by atoms with Crippen molar-refractivity contribution in [2.45, 2.75) is 26.3 Å². The number of esters is 1. The lowest BCUT2D eigenvalue weighted by molar-refractivity contribution is -0.138. The van der Waals surface area contributed by atoms with E-state index >= 15 is 0 Å². The minimum atomic E-state index is -0.418. The van der Waals surface area contributed by atoms with Gasteiger partial charge in [0.25, 0.3) is 0 Å². The fraction of sp³-hybridized carbons (Fsp3) is 0.227. The van der Waals surface area contributed by atoms with Crippen LogP contribution in [0.1, 0.15) is 36.6 Å². The van der Waals surface area contributed by atoms with E-state index in [0.29, 0.717) is 23.8 Å². The predicted molar refractivity (Wildman–Crippen MR) is 108 cm³/mol. The summed E-state index contributed by atoms with van der Waals surface area (Å²) in [5, 5.41) is 7.65. The fourth-order valence-corrected chi connectivity index (χ4v) is 3.47. The largest absolute Gasteiger partial charge is 0.463 e. The first-order chi connectivity index (χ1) is 13.7. The summed E-state index contributed by atoms with van der Waals surface area (Å²) < 4.78 is 7.16. The van der Waals surface area contributed by atoms with Crippen LogP contribution in [0, 0.1) is 0 Å². The van der Waals surface area contributed by atoms with Gasteiger partial charge in [0.05, 0.1) is 17.9 Å². The summed E-state index contributed by atoms with van der Waals surface area (Å²) in [5.74, 6) is 0.232. The Bertz CT molecular complexity index is 1010. The molecule has 0 fully saturated rings. The molecule has 28 heavy (non-hydrogen) atoms. The second-order valence-electron chi connectivity index (χ2n) is 6.53. The Morgan fingerprint density at radius 3 is 2.54 bits per heavy atom. The van der Waals surface area contributed by atoms with Gasteiger partial charge in [-0.1, -0.05) is 61.5 Å². The molecule has 4 rings (SSSR count). The first-order valence-corrected chi connectivity index (χ1v) is 9.45. The number of nitrogens with zero attached hydrogens (tertiary/aromatic N) is 3. The number of carbonyl (C=O) groups excluding carboxylic acids is 1. The molecule has 0 radical (unpaired) electrons. The maximum absolute atomic E-state index is 13.0. The van der Waals surface area contributed by atoms with Crippen LogP contribution < -0.4 is 5.32 Å². The van der Waals surface area contributed by atoms with Crippen LogP contribution in [0.2, 0.25) is 0 Å². The molecule has 6 nitrogen and oxygen atoms in total. The van der Waals surface area contributed by atoms with Crippen molar-refractivity contribution in [2.75, 3.05) is 11.9 Å². The average molecular weight is 374 g/mol. The summed E-state index contributed by atoms with van der Waals surface area (Å²) in [4.78, 5) is 17.4. The van der Waals surface area contributed by atoms with Gasteiger partial charge in [-0.2, -0.15) is 10.1 Å². The van der Waals surface area contributed by atoms with Crippen LogP contribution in [-0.2, 0) is 16.0 Å². The zero-order valence-corrected chi connectivity index (χ0v) is 15.9. The molecule has 1 N–H and O–H groups in total. The van der Waals surface area contributed by atoms with Crippen molar-refractivity contribution < 1.29 is 9.53 Å². The molecule has 142 valence electrons. The number of nitrogens with one attached hydrogen (secondary N) is 1. The van der Waals surface area contributed by atoms with E-state index in [1.54, 1.807) is 4.68 Å². The minimum Gasteiger partial charge on any atom is -0.463 e. The van der Waals surface area contributed by atoms with E-state index < -0.39 is 6.04 Å². The predicted octanol–water partition coefficient (Wildman–Crippen LogP) is 3.83. The monoisotopic (exact) mass is 374 g/mol. The topological polar surface area (TPSA) is 69.0 Å². The van der Waals surface area contributed by atoms with Crippen LogP contribution >= 0.6 is 0 Å². The number of hydrogen-bond donors (Lipinski definition) is 1. The molecule has 0 saturated heterocycles. The molecule has 0 bridgehead atoms. The third kappa shape index (κ3) is 3.17. The average Bonchev–Trinajstić information content (AvgIpc) is 3.21. The van der Waals surface area contributed by atoms with Crippen LogP contribution in [0.25, 0.3) is 5.70 Å². The van der Waals surface area contributed by atoms with Crippen LogP contribution in [0.3, 0.4) is 0 Å². The number of fused-ring (bicyclic) bond motifs is 1. The normalized spacial score (nSPS) is 15.7. The van der Waals surface area contributed by atoms with E-state index in [0.717, 1.165) is 17.5 Å².